The molecule has 0 aliphatic rings. The van der Waals surface area contributed by atoms with E-state index in [-0.39, 0.29) is 0 Å². The van der Waals surface area contributed by atoms with E-state index in [1.165, 1.54) is 0 Å². The summed E-state index contributed by atoms with van der Waals surface area (Å²) in [5.74, 6) is 0. The molecule has 1 aromatic heterocycles. The van der Waals surface area contributed by atoms with Crippen LogP contribution in [0.4, 0.5) is 0 Å². The number of fused-ring (bicyclic) bond motifs is 3. The van der Waals surface area contributed by atoms with Crippen molar-refractivity contribution in [3.63, 3.8) is 0 Å². The van der Waals surface area contributed by atoms with E-state index in [1.807, 2.05) is 50.2 Å². The third-order valence-corrected chi connectivity index (χ3v) is 4.78. The Morgan fingerprint density at radius 1 is 1.04 bits per heavy atom. The van der Waals surface area contributed by atoms with Crippen molar-refractivity contribution in [3.05, 3.63) is 41.4 Å². The van der Waals surface area contributed by atoms with Crippen LogP contribution < -0.4 is 5.46 Å². The lowest BCUT2D eigenvalue weighted by molar-refractivity contribution is -0.0893. The maximum atomic E-state index is 10.2. The molecule has 3 nitrogen and oxygen atoms in total. The van der Waals surface area contributed by atoms with Crippen LogP contribution in [0.1, 0.15) is 27.7 Å². The smallest absolute Gasteiger partial charge is 0.332 e. The Morgan fingerprint density at radius 3 is 2.43 bits per heavy atom. The van der Waals surface area contributed by atoms with Crippen LogP contribution in [0.2, 0.25) is 5.02 Å². The minimum atomic E-state index is -0.987. The lowest BCUT2D eigenvalue weighted by Gasteiger charge is -2.37. The summed E-state index contributed by atoms with van der Waals surface area (Å²) < 4.78 is 11.6. The molecule has 119 valence electrons. The van der Waals surface area contributed by atoms with Gasteiger partial charge in [-0.3, -0.25) is 0 Å². The fraction of sp³-hybridized carbons (Fsp3) is 0.333. The van der Waals surface area contributed by atoms with Crippen molar-refractivity contribution < 1.29 is 14.2 Å². The van der Waals surface area contributed by atoms with Crippen LogP contribution in [-0.2, 0) is 4.65 Å². The minimum Gasteiger partial charge on any atom is -0.456 e. The lowest BCUT2D eigenvalue weighted by atomic mass is 9.82. The highest BCUT2D eigenvalue weighted by molar-refractivity contribution is 6.54. The molecule has 0 amide bonds. The van der Waals surface area contributed by atoms with Gasteiger partial charge in [-0.1, -0.05) is 29.8 Å². The molecule has 0 aliphatic carbocycles. The van der Waals surface area contributed by atoms with Gasteiger partial charge in [-0.15, -0.1) is 0 Å². The van der Waals surface area contributed by atoms with E-state index in [0.717, 1.165) is 27.4 Å². The maximum Gasteiger partial charge on any atom is 0.332 e. The van der Waals surface area contributed by atoms with Crippen molar-refractivity contribution in [3.8, 4) is 0 Å². The Labute approximate surface area is 141 Å². The largest absolute Gasteiger partial charge is 0.456 e. The standard InChI is InChI=1S/C18H19BClO3/c1-17(2,21)18(3,4)23-19-13-10-16-12(9-14(13)20)11-7-5-6-8-15(11)22-16/h5-10,21H,1-4H3. The van der Waals surface area contributed by atoms with E-state index in [2.05, 4.69) is 0 Å². The fourth-order valence-electron chi connectivity index (χ4n) is 2.21. The first-order valence-electron chi connectivity index (χ1n) is 7.53. The molecule has 0 unspecified atom stereocenters. The summed E-state index contributed by atoms with van der Waals surface area (Å²) in [6.07, 6.45) is 0. The maximum absolute atomic E-state index is 10.2. The van der Waals surface area contributed by atoms with Gasteiger partial charge in [0.2, 0.25) is 0 Å². The average molecular weight is 330 g/mol. The molecule has 1 radical (unpaired) electrons. The SMILES string of the molecule is CC(C)(O)C(C)(C)O[B]c1cc2oc3ccccc3c2cc1Cl. The Kier molecular flexibility index (Phi) is 3.95. The first-order valence-corrected chi connectivity index (χ1v) is 7.91. The highest BCUT2D eigenvalue weighted by Crippen LogP contribution is 2.30. The molecular formula is C18H19BClO3. The molecule has 0 atom stereocenters. The number of halogens is 1. The lowest BCUT2D eigenvalue weighted by Crippen LogP contribution is -2.49. The molecule has 3 rings (SSSR count). The average Bonchev–Trinajstić information content (AvgIpc) is 2.81. The van der Waals surface area contributed by atoms with Crippen LogP contribution in [0.3, 0.4) is 0 Å². The Morgan fingerprint density at radius 2 is 1.74 bits per heavy atom. The van der Waals surface area contributed by atoms with Crippen LogP contribution >= 0.6 is 11.6 Å². The van der Waals surface area contributed by atoms with Crippen molar-refractivity contribution in [2.24, 2.45) is 0 Å². The van der Waals surface area contributed by atoms with Crippen LogP contribution in [-0.4, -0.2) is 23.8 Å². The molecule has 5 heteroatoms. The zero-order valence-corrected chi connectivity index (χ0v) is 14.4. The van der Waals surface area contributed by atoms with Crippen molar-refractivity contribution in [1.82, 2.24) is 0 Å². The highest BCUT2D eigenvalue weighted by Gasteiger charge is 2.35. The number of rotatable bonds is 4. The fourth-order valence-corrected chi connectivity index (χ4v) is 2.41. The summed E-state index contributed by atoms with van der Waals surface area (Å²) in [5, 5.41) is 12.8. The van der Waals surface area contributed by atoms with Gasteiger partial charge in [0.05, 0.1) is 11.2 Å². The predicted molar refractivity (Wildman–Crippen MR) is 95.6 cm³/mol. The second-order valence-electron chi connectivity index (χ2n) is 6.77. The zero-order valence-electron chi connectivity index (χ0n) is 13.7. The van der Waals surface area contributed by atoms with Gasteiger partial charge in [0.15, 0.2) is 0 Å². The molecule has 0 fully saturated rings. The molecule has 2 aromatic carbocycles. The molecule has 0 spiro atoms. The summed E-state index contributed by atoms with van der Waals surface area (Å²) in [7, 11) is 1.58. The zero-order chi connectivity index (χ0) is 16.8. The minimum absolute atomic E-state index is 0.579. The second kappa shape index (κ2) is 5.55. The molecule has 1 N–H and O–H groups in total. The van der Waals surface area contributed by atoms with Crippen molar-refractivity contribution >= 4 is 46.5 Å². The van der Waals surface area contributed by atoms with E-state index in [1.54, 1.807) is 21.3 Å². The van der Waals surface area contributed by atoms with Crippen LogP contribution in [0.25, 0.3) is 21.9 Å². The Hall–Kier alpha value is -1.49. The van der Waals surface area contributed by atoms with Crippen LogP contribution in [0, 0.1) is 0 Å². The van der Waals surface area contributed by atoms with Gasteiger partial charge in [-0.05, 0) is 51.4 Å². The number of furan rings is 1. The quantitative estimate of drug-likeness (QED) is 0.734. The van der Waals surface area contributed by atoms with Crippen LogP contribution in [0.15, 0.2) is 40.8 Å². The number of aliphatic hydroxyl groups is 1. The summed E-state index contributed by atoms with van der Waals surface area (Å²) in [6, 6.07) is 11.6. The van der Waals surface area contributed by atoms with E-state index in [9.17, 15) is 5.11 Å². The number of benzene rings is 2. The number of hydrogen-bond acceptors (Lipinski definition) is 3. The van der Waals surface area contributed by atoms with E-state index in [0.29, 0.717) is 5.02 Å². The van der Waals surface area contributed by atoms with Crippen LogP contribution in [0.5, 0.6) is 0 Å². The van der Waals surface area contributed by atoms with E-state index >= 15 is 0 Å². The topological polar surface area (TPSA) is 42.6 Å². The van der Waals surface area contributed by atoms with E-state index < -0.39 is 11.2 Å². The number of hydrogen-bond donors (Lipinski definition) is 1. The summed E-state index contributed by atoms with van der Waals surface area (Å²) >= 11 is 6.39. The summed E-state index contributed by atoms with van der Waals surface area (Å²) in [6.45, 7) is 7.09. The summed E-state index contributed by atoms with van der Waals surface area (Å²) in [5.41, 5.74) is 0.564. The third kappa shape index (κ3) is 2.99. The monoisotopic (exact) mass is 329 g/mol. The van der Waals surface area contributed by atoms with Crippen molar-refractivity contribution in [2.45, 2.75) is 38.9 Å². The molecule has 0 saturated carbocycles. The molecular weight excluding hydrogens is 310 g/mol. The highest BCUT2D eigenvalue weighted by atomic mass is 35.5. The third-order valence-electron chi connectivity index (χ3n) is 4.45. The molecule has 0 saturated heterocycles. The van der Waals surface area contributed by atoms with Gasteiger partial charge < -0.3 is 14.2 Å². The normalized spacial score (nSPS) is 13.0. The molecule has 23 heavy (non-hydrogen) atoms. The first-order chi connectivity index (χ1) is 10.7. The molecule has 0 bridgehead atoms. The second-order valence-corrected chi connectivity index (χ2v) is 7.18. The van der Waals surface area contributed by atoms with Gasteiger partial charge in [-0.2, -0.15) is 0 Å². The summed E-state index contributed by atoms with van der Waals surface area (Å²) in [4.78, 5) is 0. The Bertz CT molecular complexity index is 862. The van der Waals surface area contributed by atoms with Gasteiger partial charge >= 0.3 is 7.48 Å². The van der Waals surface area contributed by atoms with Crippen molar-refractivity contribution in [2.75, 3.05) is 0 Å². The van der Waals surface area contributed by atoms with Crippen molar-refractivity contribution in [1.29, 1.82) is 0 Å². The Balaban J connectivity index is 1.96. The van der Waals surface area contributed by atoms with Gasteiger partial charge in [-0.25, -0.2) is 0 Å². The molecule has 1 heterocycles. The molecule has 0 aliphatic heterocycles. The predicted octanol–water partition coefficient (Wildman–Crippen LogP) is 4.05. The van der Waals surface area contributed by atoms with Gasteiger partial charge in [0.1, 0.15) is 11.2 Å². The van der Waals surface area contributed by atoms with E-state index in [4.69, 9.17) is 20.7 Å². The van der Waals surface area contributed by atoms with Gasteiger partial charge in [0, 0.05) is 15.8 Å². The van der Waals surface area contributed by atoms with Gasteiger partial charge in [0.25, 0.3) is 0 Å². The number of para-hydroxylation sites is 1. The first kappa shape index (κ1) is 16.4. The molecule has 3 aromatic rings.